The largest absolute Gasteiger partial charge is 0.319 e. The summed E-state index contributed by atoms with van der Waals surface area (Å²) in [6.07, 6.45) is 2.30. The molecule has 96 valence electrons. The zero-order valence-electron chi connectivity index (χ0n) is 9.29. The standard InChI is InChI=1S/C12H10F2N2O.ClH/c13-12(14)16-7-6-15-11(16)8-10(17)9-4-2-1-3-5-9;/h1-7,12H,8H2;1H. The highest BCUT2D eigenvalue weighted by Crippen LogP contribution is 2.14. The molecule has 2 rings (SSSR count). The molecule has 0 N–H and O–H groups in total. The first-order valence-corrected chi connectivity index (χ1v) is 5.06. The molecule has 0 bridgehead atoms. The predicted molar refractivity (Wildman–Crippen MR) is 65.2 cm³/mol. The predicted octanol–water partition coefficient (Wildman–Crippen LogP) is 3.13. The van der Waals surface area contributed by atoms with Crippen LogP contribution in [0.15, 0.2) is 42.7 Å². The molecule has 0 saturated heterocycles. The van der Waals surface area contributed by atoms with E-state index in [1.54, 1.807) is 30.3 Å². The van der Waals surface area contributed by atoms with E-state index in [1.807, 2.05) is 0 Å². The Morgan fingerprint density at radius 2 is 1.94 bits per heavy atom. The lowest BCUT2D eigenvalue weighted by Crippen LogP contribution is -2.10. The summed E-state index contributed by atoms with van der Waals surface area (Å²) < 4.78 is 25.7. The fourth-order valence-electron chi connectivity index (χ4n) is 1.53. The maximum atomic E-state index is 12.5. The molecule has 0 unspecified atom stereocenters. The highest BCUT2D eigenvalue weighted by atomic mass is 35.5. The molecule has 0 aliphatic carbocycles. The first-order valence-electron chi connectivity index (χ1n) is 5.06. The number of halogens is 3. The molecule has 0 fully saturated rings. The Labute approximate surface area is 109 Å². The maximum Gasteiger partial charge on any atom is 0.319 e. The molecule has 0 atom stereocenters. The van der Waals surface area contributed by atoms with E-state index in [9.17, 15) is 13.6 Å². The van der Waals surface area contributed by atoms with Crippen LogP contribution in [0.3, 0.4) is 0 Å². The van der Waals surface area contributed by atoms with Gasteiger partial charge in [0.25, 0.3) is 0 Å². The molecule has 1 aromatic heterocycles. The molecular formula is C12H11ClF2N2O. The SMILES string of the molecule is Cl.O=C(Cc1nccn1C(F)F)c1ccccc1. The minimum atomic E-state index is -2.67. The van der Waals surface area contributed by atoms with E-state index < -0.39 is 6.55 Å². The van der Waals surface area contributed by atoms with Crippen molar-refractivity contribution < 1.29 is 13.6 Å². The van der Waals surface area contributed by atoms with Gasteiger partial charge in [0, 0.05) is 18.0 Å². The highest BCUT2D eigenvalue weighted by molar-refractivity contribution is 5.97. The lowest BCUT2D eigenvalue weighted by molar-refractivity contribution is 0.0665. The van der Waals surface area contributed by atoms with Gasteiger partial charge in [-0.15, -0.1) is 12.4 Å². The summed E-state index contributed by atoms with van der Waals surface area (Å²) in [6, 6.07) is 8.55. The Kier molecular flexibility index (Phi) is 4.97. The number of nitrogens with zero attached hydrogens (tertiary/aromatic N) is 2. The van der Waals surface area contributed by atoms with Crippen molar-refractivity contribution in [1.29, 1.82) is 0 Å². The molecule has 3 nitrogen and oxygen atoms in total. The van der Waals surface area contributed by atoms with Gasteiger partial charge in [0.15, 0.2) is 5.78 Å². The number of ketones is 1. The quantitative estimate of drug-likeness (QED) is 0.802. The van der Waals surface area contributed by atoms with Crippen molar-refractivity contribution in [2.75, 3.05) is 0 Å². The number of aromatic nitrogens is 2. The molecule has 1 heterocycles. The van der Waals surface area contributed by atoms with Crippen LogP contribution in [-0.2, 0) is 6.42 Å². The van der Waals surface area contributed by atoms with Crippen LogP contribution in [0.2, 0.25) is 0 Å². The van der Waals surface area contributed by atoms with Gasteiger partial charge in [0.1, 0.15) is 5.82 Å². The molecule has 1 aromatic carbocycles. The van der Waals surface area contributed by atoms with Crippen LogP contribution >= 0.6 is 12.4 Å². The van der Waals surface area contributed by atoms with Gasteiger partial charge in [-0.2, -0.15) is 8.78 Å². The Balaban J connectivity index is 0.00000162. The molecule has 6 heteroatoms. The summed E-state index contributed by atoms with van der Waals surface area (Å²) in [6.45, 7) is -2.67. The topological polar surface area (TPSA) is 34.9 Å². The van der Waals surface area contributed by atoms with Gasteiger partial charge in [-0.1, -0.05) is 30.3 Å². The average molecular weight is 273 g/mol. The Hall–Kier alpha value is -1.75. The number of imidazole rings is 1. The summed E-state index contributed by atoms with van der Waals surface area (Å²) in [5.41, 5.74) is 0.497. The van der Waals surface area contributed by atoms with Gasteiger partial charge >= 0.3 is 6.55 Å². The third kappa shape index (κ3) is 3.13. The van der Waals surface area contributed by atoms with E-state index in [1.165, 1.54) is 6.20 Å². The fraction of sp³-hybridized carbons (Fsp3) is 0.167. The number of hydrogen-bond acceptors (Lipinski definition) is 2. The summed E-state index contributed by atoms with van der Waals surface area (Å²) >= 11 is 0. The second kappa shape index (κ2) is 6.26. The number of carbonyl (C=O) groups is 1. The molecule has 0 saturated carbocycles. The molecule has 0 amide bonds. The summed E-state index contributed by atoms with van der Waals surface area (Å²) in [5.74, 6) is -0.146. The number of alkyl halides is 2. The zero-order chi connectivity index (χ0) is 12.3. The van der Waals surface area contributed by atoms with Gasteiger partial charge < -0.3 is 0 Å². The molecule has 0 spiro atoms. The van der Waals surface area contributed by atoms with Gasteiger partial charge in [0.2, 0.25) is 0 Å². The summed E-state index contributed by atoms with van der Waals surface area (Å²) in [7, 11) is 0. The Morgan fingerprint density at radius 3 is 2.56 bits per heavy atom. The van der Waals surface area contributed by atoms with Crippen LogP contribution in [0.5, 0.6) is 0 Å². The van der Waals surface area contributed by atoms with Crippen molar-refractivity contribution in [3.05, 3.63) is 54.1 Å². The lowest BCUT2D eigenvalue weighted by Gasteiger charge is -2.05. The fourth-order valence-corrected chi connectivity index (χ4v) is 1.53. The Morgan fingerprint density at radius 1 is 1.28 bits per heavy atom. The van der Waals surface area contributed by atoms with E-state index in [-0.39, 0.29) is 30.4 Å². The molecule has 0 aliphatic heterocycles. The van der Waals surface area contributed by atoms with Crippen LogP contribution in [0.4, 0.5) is 8.78 Å². The van der Waals surface area contributed by atoms with E-state index in [2.05, 4.69) is 4.98 Å². The third-order valence-electron chi connectivity index (χ3n) is 2.37. The number of benzene rings is 1. The zero-order valence-corrected chi connectivity index (χ0v) is 10.1. The van der Waals surface area contributed by atoms with Gasteiger partial charge in [-0.3, -0.25) is 9.36 Å². The van der Waals surface area contributed by atoms with Gasteiger partial charge in [-0.25, -0.2) is 4.98 Å². The van der Waals surface area contributed by atoms with Crippen LogP contribution in [0, 0.1) is 0 Å². The number of hydrogen-bond donors (Lipinski definition) is 0. The summed E-state index contributed by atoms with van der Waals surface area (Å²) in [4.78, 5) is 15.6. The van der Waals surface area contributed by atoms with Crippen molar-refractivity contribution in [1.82, 2.24) is 9.55 Å². The lowest BCUT2D eigenvalue weighted by atomic mass is 10.1. The van der Waals surface area contributed by atoms with Crippen LogP contribution in [0.25, 0.3) is 0 Å². The van der Waals surface area contributed by atoms with Crippen molar-refractivity contribution in [3.8, 4) is 0 Å². The second-order valence-electron chi connectivity index (χ2n) is 3.49. The molecule has 18 heavy (non-hydrogen) atoms. The number of rotatable bonds is 4. The van der Waals surface area contributed by atoms with Crippen LogP contribution in [-0.4, -0.2) is 15.3 Å². The molecule has 2 aromatic rings. The Bertz CT molecular complexity index is 514. The van der Waals surface area contributed by atoms with Crippen molar-refractivity contribution in [3.63, 3.8) is 0 Å². The van der Waals surface area contributed by atoms with E-state index in [4.69, 9.17) is 0 Å². The van der Waals surface area contributed by atoms with E-state index in [0.29, 0.717) is 10.1 Å². The van der Waals surface area contributed by atoms with Crippen molar-refractivity contribution in [2.24, 2.45) is 0 Å². The molecule has 0 radical (unpaired) electrons. The van der Waals surface area contributed by atoms with E-state index in [0.717, 1.165) is 6.20 Å². The number of carbonyl (C=O) groups excluding carboxylic acids is 1. The van der Waals surface area contributed by atoms with Crippen LogP contribution in [0.1, 0.15) is 22.7 Å². The first kappa shape index (κ1) is 14.3. The molecule has 0 aliphatic rings. The van der Waals surface area contributed by atoms with Gasteiger partial charge in [-0.05, 0) is 0 Å². The first-order chi connectivity index (χ1) is 8.18. The minimum absolute atomic E-state index is 0. The monoisotopic (exact) mass is 272 g/mol. The maximum absolute atomic E-state index is 12.5. The minimum Gasteiger partial charge on any atom is -0.294 e. The van der Waals surface area contributed by atoms with Crippen molar-refractivity contribution >= 4 is 18.2 Å². The van der Waals surface area contributed by atoms with Crippen molar-refractivity contribution in [2.45, 2.75) is 13.0 Å². The smallest absolute Gasteiger partial charge is 0.294 e. The normalized spacial score (nSPS) is 10.2. The molecular weight excluding hydrogens is 262 g/mol. The van der Waals surface area contributed by atoms with E-state index >= 15 is 0 Å². The van der Waals surface area contributed by atoms with Gasteiger partial charge in [0.05, 0.1) is 6.42 Å². The third-order valence-corrected chi connectivity index (χ3v) is 2.37. The second-order valence-corrected chi connectivity index (χ2v) is 3.49. The highest BCUT2D eigenvalue weighted by Gasteiger charge is 2.15. The number of Topliss-reactive ketones (excluding diaryl/α,β-unsaturated/α-hetero) is 1. The van der Waals surface area contributed by atoms with Crippen LogP contribution < -0.4 is 0 Å². The summed E-state index contributed by atoms with van der Waals surface area (Å²) in [5, 5.41) is 0. The average Bonchev–Trinajstić information content (AvgIpc) is 2.78.